The number of amides is 2. The second kappa shape index (κ2) is 9.40. The maximum absolute atomic E-state index is 13.5. The minimum atomic E-state index is 0.00149. The van der Waals surface area contributed by atoms with Crippen molar-refractivity contribution in [3.8, 4) is 0 Å². The van der Waals surface area contributed by atoms with Gasteiger partial charge in [0.2, 0.25) is 5.91 Å². The van der Waals surface area contributed by atoms with Crippen molar-refractivity contribution in [2.45, 2.75) is 45.3 Å². The average molecular weight is 442 g/mol. The molecule has 4 rings (SSSR count). The number of nitrogens with zero attached hydrogens (tertiary/aromatic N) is 2. The SMILES string of the molecule is Cc1cc(NC(=O)C2CC2)sc1C(=O)N(Cc1ccc(N(C)C)cc1)CC1CCCO1. The first-order valence-electron chi connectivity index (χ1n) is 11.0. The van der Waals surface area contributed by atoms with Crippen LogP contribution in [-0.2, 0) is 16.1 Å². The maximum Gasteiger partial charge on any atom is 0.264 e. The lowest BCUT2D eigenvalue weighted by molar-refractivity contribution is -0.117. The highest BCUT2D eigenvalue weighted by atomic mass is 32.1. The van der Waals surface area contributed by atoms with Crippen LogP contribution in [0.25, 0.3) is 0 Å². The highest BCUT2D eigenvalue weighted by molar-refractivity contribution is 7.18. The number of carbonyl (C=O) groups is 2. The Kier molecular flexibility index (Phi) is 6.62. The molecule has 7 heteroatoms. The van der Waals surface area contributed by atoms with E-state index < -0.39 is 0 Å². The molecular formula is C24H31N3O3S. The molecule has 0 spiro atoms. The molecule has 1 unspecified atom stereocenters. The third-order valence-electron chi connectivity index (χ3n) is 5.87. The first-order valence-corrected chi connectivity index (χ1v) is 11.8. The van der Waals surface area contributed by atoms with Crippen LogP contribution in [0.15, 0.2) is 30.3 Å². The van der Waals surface area contributed by atoms with Gasteiger partial charge in [-0.3, -0.25) is 9.59 Å². The van der Waals surface area contributed by atoms with Crippen LogP contribution in [0.1, 0.15) is 46.5 Å². The third kappa shape index (κ3) is 5.46. The number of thiophene rings is 1. The molecule has 1 saturated heterocycles. The Labute approximate surface area is 188 Å². The van der Waals surface area contributed by atoms with Crippen LogP contribution in [0.4, 0.5) is 10.7 Å². The van der Waals surface area contributed by atoms with Crippen LogP contribution >= 0.6 is 11.3 Å². The number of ether oxygens (including phenoxy) is 1. The van der Waals surface area contributed by atoms with Crippen molar-refractivity contribution in [2.24, 2.45) is 5.92 Å². The van der Waals surface area contributed by atoms with E-state index >= 15 is 0 Å². The van der Waals surface area contributed by atoms with Crippen molar-refractivity contribution in [1.29, 1.82) is 0 Å². The molecule has 1 aromatic heterocycles. The number of aryl methyl sites for hydroxylation is 1. The van der Waals surface area contributed by atoms with Gasteiger partial charge in [0.1, 0.15) is 0 Å². The summed E-state index contributed by atoms with van der Waals surface area (Å²) in [6.07, 6.45) is 4.03. The molecule has 2 aromatic rings. The lowest BCUT2D eigenvalue weighted by Gasteiger charge is -2.26. The van der Waals surface area contributed by atoms with Gasteiger partial charge in [0.25, 0.3) is 5.91 Å². The van der Waals surface area contributed by atoms with Gasteiger partial charge in [-0.1, -0.05) is 12.1 Å². The van der Waals surface area contributed by atoms with E-state index in [9.17, 15) is 9.59 Å². The van der Waals surface area contributed by atoms with Gasteiger partial charge in [-0.25, -0.2) is 0 Å². The largest absolute Gasteiger partial charge is 0.378 e. The number of hydrogen-bond acceptors (Lipinski definition) is 5. The predicted molar refractivity (Wildman–Crippen MR) is 125 cm³/mol. The fourth-order valence-electron chi connectivity index (χ4n) is 3.84. The standard InChI is InChI=1S/C24H31N3O3S/c1-16-13-21(25-23(28)18-8-9-18)31-22(16)24(29)27(15-20-5-4-12-30-20)14-17-6-10-19(11-7-17)26(2)3/h6-7,10-11,13,18,20H,4-5,8-9,12,14-15H2,1-3H3,(H,25,28). The molecule has 0 radical (unpaired) electrons. The van der Waals surface area contributed by atoms with E-state index in [1.807, 2.05) is 32.0 Å². The normalized spacial score (nSPS) is 18.1. The summed E-state index contributed by atoms with van der Waals surface area (Å²) >= 11 is 1.37. The van der Waals surface area contributed by atoms with E-state index in [1.54, 1.807) is 0 Å². The van der Waals surface area contributed by atoms with E-state index in [2.05, 4.69) is 34.5 Å². The zero-order valence-corrected chi connectivity index (χ0v) is 19.3. The van der Waals surface area contributed by atoms with Crippen LogP contribution in [0.5, 0.6) is 0 Å². The van der Waals surface area contributed by atoms with E-state index in [1.165, 1.54) is 11.3 Å². The summed E-state index contributed by atoms with van der Waals surface area (Å²) in [6.45, 7) is 3.81. The number of rotatable bonds is 8. The molecule has 2 amide bonds. The molecule has 2 heterocycles. The minimum absolute atomic E-state index is 0.00149. The Morgan fingerprint density at radius 3 is 2.52 bits per heavy atom. The van der Waals surface area contributed by atoms with Gasteiger partial charge >= 0.3 is 0 Å². The molecular weight excluding hydrogens is 410 g/mol. The van der Waals surface area contributed by atoms with Gasteiger partial charge in [0, 0.05) is 45.4 Å². The Hall–Kier alpha value is -2.38. The smallest absolute Gasteiger partial charge is 0.264 e. The van der Waals surface area contributed by atoms with Crippen LogP contribution in [0.3, 0.4) is 0 Å². The van der Waals surface area contributed by atoms with Gasteiger partial charge in [0.05, 0.1) is 16.0 Å². The Morgan fingerprint density at radius 2 is 1.90 bits per heavy atom. The zero-order valence-electron chi connectivity index (χ0n) is 18.5. The molecule has 1 aromatic carbocycles. The molecule has 2 aliphatic rings. The molecule has 6 nitrogen and oxygen atoms in total. The van der Waals surface area contributed by atoms with Gasteiger partial charge in [0.15, 0.2) is 0 Å². The number of carbonyl (C=O) groups excluding carboxylic acids is 2. The maximum atomic E-state index is 13.5. The molecule has 31 heavy (non-hydrogen) atoms. The van der Waals surface area contributed by atoms with Crippen molar-refractivity contribution < 1.29 is 14.3 Å². The van der Waals surface area contributed by atoms with Gasteiger partial charge in [-0.15, -0.1) is 11.3 Å². The summed E-state index contributed by atoms with van der Waals surface area (Å²) in [5.41, 5.74) is 3.13. The van der Waals surface area contributed by atoms with Crippen LogP contribution in [0.2, 0.25) is 0 Å². The number of anilines is 2. The minimum Gasteiger partial charge on any atom is -0.378 e. The van der Waals surface area contributed by atoms with Crippen LogP contribution in [-0.4, -0.2) is 50.1 Å². The van der Waals surface area contributed by atoms with Gasteiger partial charge in [-0.05, 0) is 61.9 Å². The molecule has 2 fully saturated rings. The molecule has 1 aliphatic carbocycles. The van der Waals surface area contributed by atoms with E-state index in [0.29, 0.717) is 18.0 Å². The molecule has 166 valence electrons. The summed E-state index contributed by atoms with van der Waals surface area (Å²) in [7, 11) is 4.03. The summed E-state index contributed by atoms with van der Waals surface area (Å²) in [4.78, 5) is 30.3. The number of hydrogen-bond donors (Lipinski definition) is 1. The fraction of sp³-hybridized carbons (Fsp3) is 0.500. The first-order chi connectivity index (χ1) is 14.9. The number of benzene rings is 1. The van der Waals surface area contributed by atoms with E-state index in [-0.39, 0.29) is 23.8 Å². The lowest BCUT2D eigenvalue weighted by atomic mass is 10.1. The van der Waals surface area contributed by atoms with E-state index in [0.717, 1.165) is 54.1 Å². The Bertz CT molecular complexity index is 928. The van der Waals surface area contributed by atoms with Crippen molar-refractivity contribution >= 4 is 33.8 Å². The van der Waals surface area contributed by atoms with Crippen LogP contribution < -0.4 is 10.2 Å². The summed E-state index contributed by atoms with van der Waals surface area (Å²) in [5.74, 6) is 0.210. The fourth-order valence-corrected chi connectivity index (χ4v) is 4.89. The molecule has 1 atom stereocenters. The van der Waals surface area contributed by atoms with Crippen molar-refractivity contribution in [2.75, 3.05) is 37.5 Å². The first kappa shape index (κ1) is 21.8. The summed E-state index contributed by atoms with van der Waals surface area (Å²) < 4.78 is 5.82. The predicted octanol–water partition coefficient (Wildman–Crippen LogP) is 4.29. The summed E-state index contributed by atoms with van der Waals surface area (Å²) in [5, 5.41) is 3.73. The van der Waals surface area contributed by atoms with E-state index in [4.69, 9.17) is 4.74 Å². The second-order valence-corrected chi connectivity index (χ2v) is 9.82. The van der Waals surface area contributed by atoms with Gasteiger partial charge < -0.3 is 19.9 Å². The quantitative estimate of drug-likeness (QED) is 0.664. The highest BCUT2D eigenvalue weighted by Gasteiger charge is 2.31. The molecule has 1 N–H and O–H groups in total. The summed E-state index contributed by atoms with van der Waals surface area (Å²) in [6, 6.07) is 10.2. The molecule has 1 aliphatic heterocycles. The Morgan fingerprint density at radius 1 is 1.16 bits per heavy atom. The zero-order chi connectivity index (χ0) is 22.0. The van der Waals surface area contributed by atoms with Crippen molar-refractivity contribution in [3.63, 3.8) is 0 Å². The second-order valence-electron chi connectivity index (χ2n) is 8.77. The molecule has 1 saturated carbocycles. The average Bonchev–Trinajstić information content (AvgIpc) is 3.36. The van der Waals surface area contributed by atoms with Crippen LogP contribution in [0, 0.1) is 12.8 Å². The van der Waals surface area contributed by atoms with Crippen molar-refractivity contribution in [1.82, 2.24) is 4.90 Å². The van der Waals surface area contributed by atoms with Gasteiger partial charge in [-0.2, -0.15) is 0 Å². The monoisotopic (exact) mass is 441 g/mol. The third-order valence-corrected chi connectivity index (χ3v) is 7.01. The topological polar surface area (TPSA) is 61.9 Å². The lowest BCUT2D eigenvalue weighted by Crippen LogP contribution is -2.36. The number of nitrogens with one attached hydrogen (secondary N) is 1. The van der Waals surface area contributed by atoms with Crippen molar-refractivity contribution in [3.05, 3.63) is 46.3 Å². The highest BCUT2D eigenvalue weighted by Crippen LogP contribution is 2.33. The Balaban J connectivity index is 1.51. The molecule has 0 bridgehead atoms.